The number of aliphatic imine (C=N–C) groups is 1. The van der Waals surface area contributed by atoms with Crippen LogP contribution in [0.15, 0.2) is 9.79 Å². The van der Waals surface area contributed by atoms with Crippen molar-refractivity contribution in [3.05, 3.63) is 16.2 Å². The summed E-state index contributed by atoms with van der Waals surface area (Å²) in [7, 11) is 1.60. The summed E-state index contributed by atoms with van der Waals surface area (Å²) in [4.78, 5) is 30.2. The lowest BCUT2D eigenvalue weighted by molar-refractivity contribution is 0.209. The number of carbonyl (C=O) groups excluding carboxylic acids is 1. The van der Waals surface area contributed by atoms with E-state index in [1.54, 1.807) is 11.9 Å². The summed E-state index contributed by atoms with van der Waals surface area (Å²) in [5, 5.41) is 2.87. The Balaban J connectivity index is 2.08. The molecular weight excluding hydrogens is 270 g/mol. The van der Waals surface area contributed by atoms with E-state index in [4.69, 9.17) is 11.6 Å². The summed E-state index contributed by atoms with van der Waals surface area (Å²) in [6.07, 6.45) is 3.43. The molecule has 0 radical (unpaired) electrons. The number of aromatic nitrogens is 2. The van der Waals surface area contributed by atoms with Crippen molar-refractivity contribution >= 4 is 29.7 Å². The summed E-state index contributed by atoms with van der Waals surface area (Å²) < 4.78 is 2.53. The third-order valence-electron chi connectivity index (χ3n) is 3.45. The molecule has 0 bridgehead atoms. The normalized spacial score (nSPS) is 21.4. The first-order valence-electron chi connectivity index (χ1n) is 6.14. The third kappa shape index (κ3) is 1.85. The Morgan fingerprint density at radius 3 is 2.84 bits per heavy atom. The first-order valence-corrected chi connectivity index (χ1v) is 6.58. The zero-order valence-corrected chi connectivity index (χ0v) is 11.2. The highest BCUT2D eigenvalue weighted by atomic mass is 35.5. The van der Waals surface area contributed by atoms with E-state index in [1.165, 1.54) is 10.8 Å². The molecule has 8 heteroatoms. The number of rotatable bonds is 0. The quantitative estimate of drug-likeness (QED) is 0.560. The van der Waals surface area contributed by atoms with E-state index in [2.05, 4.69) is 10.3 Å². The number of carbonyl (C=O) groups is 1. The minimum atomic E-state index is -0.615. The van der Waals surface area contributed by atoms with Crippen LogP contribution in [0, 0.1) is 0 Å². The molecule has 1 saturated heterocycles. The zero-order valence-electron chi connectivity index (χ0n) is 10.5. The molecule has 3 heterocycles. The summed E-state index contributed by atoms with van der Waals surface area (Å²) in [5.74, 6) is 0.521. The zero-order chi connectivity index (χ0) is 13.6. The summed E-state index contributed by atoms with van der Waals surface area (Å²) in [6.45, 7) is 1.38. The maximum Gasteiger partial charge on any atom is 0.338 e. The molecule has 3 rings (SSSR count). The smallest absolute Gasteiger partial charge is 0.335 e. The van der Waals surface area contributed by atoms with Crippen LogP contribution >= 0.6 is 11.6 Å². The molecule has 2 aliphatic heterocycles. The van der Waals surface area contributed by atoms with Gasteiger partial charge in [0.05, 0.1) is 6.21 Å². The van der Waals surface area contributed by atoms with Crippen LogP contribution in [-0.4, -0.2) is 45.0 Å². The number of imidazole rings is 1. The number of fused-ring (bicyclic) bond motifs is 1. The Morgan fingerprint density at radius 2 is 2.16 bits per heavy atom. The number of halogens is 1. The molecule has 7 nitrogen and oxygen atoms in total. The highest BCUT2D eigenvalue weighted by Crippen LogP contribution is 2.20. The van der Waals surface area contributed by atoms with Crippen molar-refractivity contribution in [3.63, 3.8) is 0 Å². The summed E-state index contributed by atoms with van der Waals surface area (Å²) in [5.41, 5.74) is -0.538. The second kappa shape index (κ2) is 4.41. The second-order valence-electron chi connectivity index (χ2n) is 4.65. The predicted octanol–water partition coefficient (Wildman–Crippen LogP) is 0.617. The average molecular weight is 284 g/mol. The van der Waals surface area contributed by atoms with Gasteiger partial charge in [-0.3, -0.25) is 9.56 Å². The third-order valence-corrected chi connectivity index (χ3v) is 3.67. The van der Waals surface area contributed by atoms with E-state index in [9.17, 15) is 9.59 Å². The van der Waals surface area contributed by atoms with Gasteiger partial charge in [0.1, 0.15) is 11.5 Å². The van der Waals surface area contributed by atoms with Crippen molar-refractivity contribution in [2.75, 3.05) is 18.4 Å². The summed E-state index contributed by atoms with van der Waals surface area (Å²) in [6, 6.07) is -0.291. The fourth-order valence-electron chi connectivity index (χ4n) is 2.44. The topological polar surface area (TPSA) is 71.6 Å². The highest BCUT2D eigenvalue weighted by Gasteiger charge is 2.28. The first-order chi connectivity index (χ1) is 9.09. The van der Waals surface area contributed by atoms with Gasteiger partial charge in [0, 0.05) is 20.1 Å². The molecule has 1 unspecified atom stereocenters. The Morgan fingerprint density at radius 1 is 1.47 bits per heavy atom. The second-order valence-corrected chi connectivity index (χ2v) is 5.06. The Kier molecular flexibility index (Phi) is 2.85. The van der Waals surface area contributed by atoms with Crippen LogP contribution in [0.25, 0.3) is 0 Å². The minimum Gasteiger partial charge on any atom is -0.335 e. The maximum atomic E-state index is 12.4. The molecule has 0 aromatic carbocycles. The van der Waals surface area contributed by atoms with Gasteiger partial charge in [-0.2, -0.15) is 0 Å². The number of hydrogen-bond donors (Lipinski definition) is 1. The molecule has 1 amide bonds. The van der Waals surface area contributed by atoms with Crippen LogP contribution in [0.2, 0.25) is 0 Å². The van der Waals surface area contributed by atoms with Crippen LogP contribution in [0.3, 0.4) is 0 Å². The van der Waals surface area contributed by atoms with Gasteiger partial charge in [-0.05, 0) is 12.8 Å². The molecule has 19 heavy (non-hydrogen) atoms. The van der Waals surface area contributed by atoms with E-state index in [-0.39, 0.29) is 11.7 Å². The molecule has 1 aromatic rings. The fraction of sp³-hybridized carbons (Fsp3) is 0.545. The molecule has 0 aliphatic carbocycles. The molecule has 1 N–H and O–H groups in total. The van der Waals surface area contributed by atoms with Crippen molar-refractivity contribution in [3.8, 4) is 0 Å². The van der Waals surface area contributed by atoms with Gasteiger partial charge < -0.3 is 10.2 Å². The lowest BCUT2D eigenvalue weighted by Gasteiger charge is -2.17. The number of hydrogen-bond acceptors (Lipinski definition) is 4. The van der Waals surface area contributed by atoms with Gasteiger partial charge in [0.25, 0.3) is 0 Å². The summed E-state index contributed by atoms with van der Waals surface area (Å²) >= 11 is 5.86. The van der Waals surface area contributed by atoms with Crippen molar-refractivity contribution < 1.29 is 4.79 Å². The van der Waals surface area contributed by atoms with Crippen LogP contribution in [0.1, 0.15) is 18.5 Å². The minimum absolute atomic E-state index is 0.291. The van der Waals surface area contributed by atoms with Crippen LogP contribution < -0.4 is 11.0 Å². The highest BCUT2D eigenvalue weighted by molar-refractivity contribution is 6.22. The fourth-order valence-corrected chi connectivity index (χ4v) is 2.60. The van der Waals surface area contributed by atoms with E-state index in [0.717, 1.165) is 17.4 Å². The first kappa shape index (κ1) is 12.3. The van der Waals surface area contributed by atoms with Gasteiger partial charge in [-0.15, -0.1) is 0 Å². The molecule has 0 saturated carbocycles. The Hall–Kier alpha value is -1.76. The number of amides is 1. The number of likely N-dealkylation sites (tertiary alicyclic amines) is 1. The van der Waals surface area contributed by atoms with Gasteiger partial charge in [-0.1, -0.05) is 11.6 Å². The number of anilines is 1. The van der Waals surface area contributed by atoms with Gasteiger partial charge in [0.2, 0.25) is 0 Å². The Labute approximate surface area is 114 Å². The van der Waals surface area contributed by atoms with Crippen LogP contribution in [0.4, 0.5) is 10.6 Å². The number of nitrogens with zero attached hydrogens (tertiary/aromatic N) is 4. The SMILES string of the molecule is Cn1c2c(n(C(=O)N3CCCC3)c1=O)C=NC(Cl)N2. The van der Waals surface area contributed by atoms with Crippen LogP contribution in [0.5, 0.6) is 0 Å². The largest absolute Gasteiger partial charge is 0.338 e. The van der Waals surface area contributed by atoms with Crippen molar-refractivity contribution in [2.45, 2.75) is 18.5 Å². The molecule has 1 aromatic heterocycles. The molecular formula is C11H14ClN5O2. The predicted molar refractivity (Wildman–Crippen MR) is 72.1 cm³/mol. The van der Waals surface area contributed by atoms with Crippen molar-refractivity contribution in [2.24, 2.45) is 12.0 Å². The van der Waals surface area contributed by atoms with E-state index >= 15 is 0 Å². The van der Waals surface area contributed by atoms with E-state index in [1.807, 2.05) is 0 Å². The average Bonchev–Trinajstić information content (AvgIpc) is 2.99. The monoisotopic (exact) mass is 283 g/mol. The van der Waals surface area contributed by atoms with Gasteiger partial charge in [-0.25, -0.2) is 14.2 Å². The van der Waals surface area contributed by atoms with Crippen molar-refractivity contribution in [1.82, 2.24) is 14.0 Å². The van der Waals surface area contributed by atoms with Crippen LogP contribution in [-0.2, 0) is 7.05 Å². The van der Waals surface area contributed by atoms with Gasteiger partial charge >= 0.3 is 11.7 Å². The Bertz CT molecular complexity index is 611. The van der Waals surface area contributed by atoms with Crippen molar-refractivity contribution in [1.29, 1.82) is 0 Å². The molecule has 1 atom stereocenters. The standard InChI is InChI=1S/C11H14ClN5O2/c1-15-8-7(6-13-9(12)14-8)17(10(15)18)11(19)16-4-2-3-5-16/h6,9,14H,2-5H2,1H3. The molecule has 2 aliphatic rings. The van der Waals surface area contributed by atoms with E-state index < -0.39 is 5.62 Å². The molecule has 0 spiro atoms. The number of alkyl halides is 1. The maximum absolute atomic E-state index is 12.4. The van der Waals surface area contributed by atoms with E-state index in [0.29, 0.717) is 24.6 Å². The molecule has 1 fully saturated rings. The molecule has 102 valence electrons. The lowest BCUT2D eigenvalue weighted by Crippen LogP contribution is -2.39. The van der Waals surface area contributed by atoms with Gasteiger partial charge in [0.15, 0.2) is 5.62 Å². The lowest BCUT2D eigenvalue weighted by atomic mass is 10.4. The number of nitrogens with one attached hydrogen (secondary N) is 1.